The molecular formula is C16H31NOS. The smallest absolute Gasteiger partial charge is 0.0509 e. The summed E-state index contributed by atoms with van der Waals surface area (Å²) in [6.45, 7) is 7.87. The second kappa shape index (κ2) is 6.71. The minimum Gasteiger partial charge on any atom is -0.313 e. The largest absolute Gasteiger partial charge is 0.313 e. The zero-order chi connectivity index (χ0) is 13.9. The molecule has 0 saturated heterocycles. The summed E-state index contributed by atoms with van der Waals surface area (Å²) in [4.78, 5) is 0. The quantitative estimate of drug-likeness (QED) is 0.854. The fourth-order valence-electron chi connectivity index (χ4n) is 3.81. The zero-order valence-electron chi connectivity index (χ0n) is 12.9. The first-order valence-electron chi connectivity index (χ1n) is 8.16. The second-order valence-corrected chi connectivity index (χ2v) is 9.13. The predicted octanol–water partition coefficient (Wildman–Crippen LogP) is 3.62. The maximum absolute atomic E-state index is 13.0. The van der Waals surface area contributed by atoms with Crippen LogP contribution in [0.2, 0.25) is 0 Å². The van der Waals surface area contributed by atoms with Gasteiger partial charge in [-0.1, -0.05) is 40.0 Å². The van der Waals surface area contributed by atoms with Crippen molar-refractivity contribution >= 4 is 10.8 Å². The van der Waals surface area contributed by atoms with Crippen molar-refractivity contribution in [2.75, 3.05) is 6.54 Å². The first kappa shape index (κ1) is 15.5. The zero-order valence-corrected chi connectivity index (χ0v) is 13.7. The number of hydrogen-bond donors (Lipinski definition) is 1. The molecule has 2 saturated carbocycles. The fourth-order valence-corrected chi connectivity index (χ4v) is 6.27. The lowest BCUT2D eigenvalue weighted by Gasteiger charge is -2.42. The summed E-state index contributed by atoms with van der Waals surface area (Å²) in [5.41, 5.74) is 0.376. The van der Waals surface area contributed by atoms with Crippen LogP contribution in [0.25, 0.3) is 0 Å². The van der Waals surface area contributed by atoms with Crippen LogP contribution >= 0.6 is 0 Å². The van der Waals surface area contributed by atoms with Gasteiger partial charge in [0.15, 0.2) is 0 Å². The molecule has 112 valence electrons. The monoisotopic (exact) mass is 285 g/mol. The lowest BCUT2D eigenvalue weighted by atomic mass is 9.75. The average molecular weight is 285 g/mol. The molecular weight excluding hydrogens is 254 g/mol. The molecule has 2 fully saturated rings. The van der Waals surface area contributed by atoms with Gasteiger partial charge in [0, 0.05) is 22.1 Å². The fraction of sp³-hybridized carbons (Fsp3) is 1.00. The highest BCUT2D eigenvalue weighted by molar-refractivity contribution is 7.86. The van der Waals surface area contributed by atoms with Crippen LogP contribution in [0, 0.1) is 5.41 Å². The Kier molecular flexibility index (Phi) is 5.47. The Balaban J connectivity index is 2.05. The molecule has 2 nitrogen and oxygen atoms in total. The molecule has 3 unspecified atom stereocenters. The predicted molar refractivity (Wildman–Crippen MR) is 83.9 cm³/mol. The summed E-state index contributed by atoms with van der Waals surface area (Å²) < 4.78 is 13.0. The van der Waals surface area contributed by atoms with Gasteiger partial charge < -0.3 is 5.32 Å². The Labute approximate surface area is 121 Å². The van der Waals surface area contributed by atoms with E-state index in [-0.39, 0.29) is 0 Å². The van der Waals surface area contributed by atoms with Gasteiger partial charge in [-0.15, -0.1) is 0 Å². The van der Waals surface area contributed by atoms with Gasteiger partial charge in [-0.05, 0) is 44.1 Å². The van der Waals surface area contributed by atoms with E-state index < -0.39 is 10.8 Å². The van der Waals surface area contributed by atoms with Gasteiger partial charge in [0.25, 0.3) is 0 Å². The molecule has 3 heteroatoms. The first-order valence-corrected chi connectivity index (χ1v) is 9.44. The number of rotatable bonds is 4. The van der Waals surface area contributed by atoms with E-state index in [2.05, 4.69) is 26.1 Å². The Hall–Kier alpha value is 0.110. The van der Waals surface area contributed by atoms with E-state index in [1.165, 1.54) is 44.9 Å². The van der Waals surface area contributed by atoms with Crippen LogP contribution in [0.5, 0.6) is 0 Å². The molecule has 0 aromatic rings. The summed E-state index contributed by atoms with van der Waals surface area (Å²) in [5, 5.41) is 4.46. The summed E-state index contributed by atoms with van der Waals surface area (Å²) in [5.74, 6) is 0. The molecule has 0 radical (unpaired) electrons. The van der Waals surface area contributed by atoms with Crippen LogP contribution in [0.3, 0.4) is 0 Å². The van der Waals surface area contributed by atoms with Gasteiger partial charge in [-0.3, -0.25) is 4.21 Å². The third-order valence-electron chi connectivity index (χ3n) is 4.98. The minimum absolute atomic E-state index is 0.376. The van der Waals surface area contributed by atoms with Crippen molar-refractivity contribution in [3.8, 4) is 0 Å². The molecule has 1 N–H and O–H groups in total. The third-order valence-corrected chi connectivity index (χ3v) is 7.20. The first-order chi connectivity index (χ1) is 9.03. The molecule has 2 rings (SSSR count). The third kappa shape index (κ3) is 4.04. The lowest BCUT2D eigenvalue weighted by Crippen LogP contribution is -2.50. The highest BCUT2D eigenvalue weighted by atomic mass is 32.2. The Morgan fingerprint density at radius 2 is 1.84 bits per heavy atom. The molecule has 0 aliphatic heterocycles. The van der Waals surface area contributed by atoms with Crippen molar-refractivity contribution in [1.82, 2.24) is 5.32 Å². The van der Waals surface area contributed by atoms with Gasteiger partial charge in [0.05, 0.1) is 5.25 Å². The molecule has 0 spiro atoms. The van der Waals surface area contributed by atoms with Crippen LogP contribution in [-0.2, 0) is 10.8 Å². The van der Waals surface area contributed by atoms with Crippen LogP contribution in [0.4, 0.5) is 0 Å². The van der Waals surface area contributed by atoms with Crippen molar-refractivity contribution in [2.24, 2.45) is 5.41 Å². The van der Waals surface area contributed by atoms with E-state index in [9.17, 15) is 4.21 Å². The lowest BCUT2D eigenvalue weighted by molar-refractivity contribution is 0.212. The van der Waals surface area contributed by atoms with Gasteiger partial charge in [0.2, 0.25) is 0 Å². The summed E-state index contributed by atoms with van der Waals surface area (Å²) in [6, 6.07) is 0.487. The molecule has 19 heavy (non-hydrogen) atoms. The number of hydrogen-bond acceptors (Lipinski definition) is 2. The van der Waals surface area contributed by atoms with Gasteiger partial charge >= 0.3 is 0 Å². The van der Waals surface area contributed by atoms with E-state index in [4.69, 9.17) is 0 Å². The molecule has 2 aliphatic carbocycles. The van der Waals surface area contributed by atoms with Gasteiger partial charge in [-0.2, -0.15) is 0 Å². The summed E-state index contributed by atoms with van der Waals surface area (Å²) in [6.07, 6.45) is 9.92. The van der Waals surface area contributed by atoms with E-state index in [0.29, 0.717) is 22.0 Å². The SMILES string of the molecule is CCNC1CCC(C)(C)CC1S(=O)C1CCCCC1. The highest BCUT2D eigenvalue weighted by Gasteiger charge is 2.39. The van der Waals surface area contributed by atoms with E-state index >= 15 is 0 Å². The van der Waals surface area contributed by atoms with Crippen LogP contribution < -0.4 is 5.32 Å². The van der Waals surface area contributed by atoms with Crippen molar-refractivity contribution < 1.29 is 4.21 Å². The van der Waals surface area contributed by atoms with Crippen molar-refractivity contribution in [2.45, 2.75) is 88.7 Å². The van der Waals surface area contributed by atoms with Gasteiger partial charge in [0.1, 0.15) is 0 Å². The van der Waals surface area contributed by atoms with E-state index in [1.807, 2.05) is 0 Å². The Morgan fingerprint density at radius 3 is 2.47 bits per heavy atom. The average Bonchev–Trinajstić information content (AvgIpc) is 2.41. The summed E-state index contributed by atoms with van der Waals surface area (Å²) >= 11 is 0. The van der Waals surface area contributed by atoms with Gasteiger partial charge in [-0.25, -0.2) is 0 Å². The van der Waals surface area contributed by atoms with Crippen LogP contribution in [0.1, 0.15) is 72.1 Å². The molecule has 0 heterocycles. The van der Waals surface area contributed by atoms with Crippen molar-refractivity contribution in [3.63, 3.8) is 0 Å². The normalized spacial score (nSPS) is 34.1. The van der Waals surface area contributed by atoms with Crippen molar-refractivity contribution in [3.05, 3.63) is 0 Å². The standard InChI is InChI=1S/C16H31NOS/c1-4-17-14-10-11-16(2,3)12-15(14)19(18)13-8-6-5-7-9-13/h13-15,17H,4-12H2,1-3H3. The van der Waals surface area contributed by atoms with Crippen molar-refractivity contribution in [1.29, 1.82) is 0 Å². The minimum atomic E-state index is -0.634. The van der Waals surface area contributed by atoms with E-state index in [0.717, 1.165) is 13.0 Å². The molecule has 0 amide bonds. The molecule has 0 aromatic heterocycles. The topological polar surface area (TPSA) is 29.1 Å². The molecule has 0 bridgehead atoms. The molecule has 2 aliphatic rings. The Bertz CT molecular complexity index is 310. The van der Waals surface area contributed by atoms with Crippen LogP contribution in [0.15, 0.2) is 0 Å². The maximum Gasteiger partial charge on any atom is 0.0509 e. The molecule has 3 atom stereocenters. The second-order valence-electron chi connectivity index (χ2n) is 7.20. The Morgan fingerprint density at radius 1 is 1.16 bits per heavy atom. The molecule has 0 aromatic carbocycles. The summed E-state index contributed by atoms with van der Waals surface area (Å²) in [7, 11) is -0.634. The maximum atomic E-state index is 13.0. The van der Waals surface area contributed by atoms with Crippen LogP contribution in [-0.4, -0.2) is 27.3 Å². The van der Waals surface area contributed by atoms with E-state index in [1.54, 1.807) is 0 Å². The highest BCUT2D eigenvalue weighted by Crippen LogP contribution is 2.39. The number of nitrogens with one attached hydrogen (secondary N) is 1.